The van der Waals surface area contributed by atoms with Gasteiger partial charge in [-0.3, -0.25) is 4.40 Å². The second-order valence-corrected chi connectivity index (χ2v) is 6.82. The van der Waals surface area contributed by atoms with E-state index in [0.717, 1.165) is 28.4 Å². The van der Waals surface area contributed by atoms with Gasteiger partial charge in [0.15, 0.2) is 4.96 Å². The van der Waals surface area contributed by atoms with E-state index in [1.54, 1.807) is 23.5 Å². The number of amides is 2. The summed E-state index contributed by atoms with van der Waals surface area (Å²) in [7, 11) is 0. The van der Waals surface area contributed by atoms with Crippen molar-refractivity contribution < 1.29 is 18.0 Å². The monoisotopic (exact) mass is 402 g/mol. The molecule has 2 aromatic heterocycles. The molecule has 0 spiro atoms. The van der Waals surface area contributed by atoms with E-state index in [9.17, 15) is 18.0 Å². The van der Waals surface area contributed by atoms with Crippen LogP contribution in [0.5, 0.6) is 0 Å². The lowest BCUT2D eigenvalue weighted by Crippen LogP contribution is -2.19. The van der Waals surface area contributed by atoms with Crippen LogP contribution in [-0.4, -0.2) is 15.4 Å². The van der Waals surface area contributed by atoms with Gasteiger partial charge in [-0.1, -0.05) is 12.1 Å². The van der Waals surface area contributed by atoms with Gasteiger partial charge >= 0.3 is 12.2 Å². The first-order valence-corrected chi connectivity index (χ1v) is 9.04. The molecule has 2 aromatic carbocycles. The SMILES string of the molecule is O=C(Nc1ccc(-c2cn3ccsc3n2)cc1)Nc1ccc(C(F)(F)F)cc1. The number of carbonyl (C=O) groups is 1. The van der Waals surface area contributed by atoms with E-state index in [1.165, 1.54) is 12.1 Å². The van der Waals surface area contributed by atoms with Crippen LogP contribution in [0, 0.1) is 0 Å². The summed E-state index contributed by atoms with van der Waals surface area (Å²) < 4.78 is 39.6. The van der Waals surface area contributed by atoms with Crippen molar-refractivity contribution in [2.24, 2.45) is 0 Å². The number of fused-ring (bicyclic) bond motifs is 1. The predicted molar refractivity (Wildman–Crippen MR) is 103 cm³/mol. The summed E-state index contributed by atoms with van der Waals surface area (Å²) in [6.07, 6.45) is -0.559. The highest BCUT2D eigenvalue weighted by Crippen LogP contribution is 2.30. The Morgan fingerprint density at radius 3 is 2.14 bits per heavy atom. The second kappa shape index (κ2) is 7.01. The third kappa shape index (κ3) is 3.84. The molecule has 0 radical (unpaired) electrons. The van der Waals surface area contributed by atoms with Crippen LogP contribution in [-0.2, 0) is 6.18 Å². The normalized spacial score (nSPS) is 11.5. The molecular weight excluding hydrogens is 389 g/mol. The zero-order valence-electron chi connectivity index (χ0n) is 14.2. The fourth-order valence-electron chi connectivity index (χ4n) is 2.63. The fourth-order valence-corrected chi connectivity index (χ4v) is 3.33. The van der Waals surface area contributed by atoms with E-state index in [4.69, 9.17) is 0 Å². The molecule has 9 heteroatoms. The topological polar surface area (TPSA) is 58.4 Å². The number of imidazole rings is 1. The summed E-state index contributed by atoms with van der Waals surface area (Å²) in [6.45, 7) is 0. The minimum Gasteiger partial charge on any atom is -0.308 e. The third-order valence-corrected chi connectivity index (χ3v) is 4.77. The Kier molecular flexibility index (Phi) is 4.52. The molecule has 0 bridgehead atoms. The van der Waals surface area contributed by atoms with E-state index >= 15 is 0 Å². The number of nitrogens with zero attached hydrogens (tertiary/aromatic N) is 2. The molecular formula is C19H13F3N4OS. The average molecular weight is 402 g/mol. The molecule has 0 aliphatic rings. The second-order valence-electron chi connectivity index (χ2n) is 5.95. The van der Waals surface area contributed by atoms with Gasteiger partial charge in [0.25, 0.3) is 0 Å². The van der Waals surface area contributed by atoms with Gasteiger partial charge < -0.3 is 10.6 Å². The van der Waals surface area contributed by atoms with Crippen LogP contribution in [0.4, 0.5) is 29.3 Å². The van der Waals surface area contributed by atoms with Crippen molar-refractivity contribution >= 4 is 33.7 Å². The van der Waals surface area contributed by atoms with Crippen LogP contribution < -0.4 is 10.6 Å². The maximum absolute atomic E-state index is 12.6. The maximum Gasteiger partial charge on any atom is 0.416 e. The molecule has 2 amide bonds. The Labute approximate surface area is 161 Å². The Hall–Kier alpha value is -3.33. The fraction of sp³-hybridized carbons (Fsp3) is 0.0526. The molecule has 4 rings (SSSR count). The van der Waals surface area contributed by atoms with E-state index < -0.39 is 17.8 Å². The Balaban J connectivity index is 1.40. The molecule has 5 nitrogen and oxygen atoms in total. The van der Waals surface area contributed by atoms with Gasteiger partial charge in [-0.2, -0.15) is 13.2 Å². The Morgan fingerprint density at radius 1 is 0.964 bits per heavy atom. The summed E-state index contributed by atoms with van der Waals surface area (Å²) in [5.74, 6) is 0. The summed E-state index contributed by atoms with van der Waals surface area (Å²) >= 11 is 1.54. The van der Waals surface area contributed by atoms with E-state index in [-0.39, 0.29) is 5.69 Å². The molecule has 0 saturated carbocycles. The number of benzene rings is 2. The molecule has 2 N–H and O–H groups in total. The zero-order chi connectivity index (χ0) is 19.7. The summed E-state index contributed by atoms with van der Waals surface area (Å²) in [5.41, 5.74) is 1.78. The molecule has 0 aliphatic carbocycles. The van der Waals surface area contributed by atoms with Gasteiger partial charge in [0.1, 0.15) is 0 Å². The minimum absolute atomic E-state index is 0.264. The van der Waals surface area contributed by atoms with Crippen molar-refractivity contribution in [1.82, 2.24) is 9.38 Å². The molecule has 28 heavy (non-hydrogen) atoms. The number of hydrogen-bond donors (Lipinski definition) is 2. The summed E-state index contributed by atoms with van der Waals surface area (Å²) in [4.78, 5) is 17.5. The number of alkyl halides is 3. The van der Waals surface area contributed by atoms with Crippen molar-refractivity contribution in [3.8, 4) is 11.3 Å². The van der Waals surface area contributed by atoms with Crippen LogP contribution in [0.3, 0.4) is 0 Å². The lowest BCUT2D eigenvalue weighted by molar-refractivity contribution is -0.137. The van der Waals surface area contributed by atoms with E-state index in [1.807, 2.05) is 34.3 Å². The highest BCUT2D eigenvalue weighted by molar-refractivity contribution is 7.15. The Bertz CT molecular complexity index is 1090. The highest BCUT2D eigenvalue weighted by Gasteiger charge is 2.29. The van der Waals surface area contributed by atoms with Crippen LogP contribution >= 0.6 is 11.3 Å². The summed E-state index contributed by atoms with van der Waals surface area (Å²) in [5, 5.41) is 7.09. The predicted octanol–water partition coefficient (Wildman–Crippen LogP) is 5.73. The summed E-state index contributed by atoms with van der Waals surface area (Å²) in [6, 6.07) is 10.8. The van der Waals surface area contributed by atoms with Gasteiger partial charge in [-0.05, 0) is 36.4 Å². The molecule has 0 fully saturated rings. The smallest absolute Gasteiger partial charge is 0.308 e. The third-order valence-electron chi connectivity index (χ3n) is 4.00. The van der Waals surface area contributed by atoms with Gasteiger partial charge in [-0.15, -0.1) is 11.3 Å². The number of rotatable bonds is 3. The number of halogens is 3. The first-order valence-electron chi connectivity index (χ1n) is 8.16. The van der Waals surface area contributed by atoms with Crippen molar-refractivity contribution in [2.75, 3.05) is 10.6 Å². The molecule has 0 atom stereocenters. The number of aromatic nitrogens is 2. The standard InChI is InChI=1S/C19H13F3N4OS/c20-19(21,22)13-3-7-15(8-4-13)24-17(27)23-14-5-1-12(2-6-14)16-11-26-9-10-28-18(26)25-16/h1-11H,(H2,23,24,27). The molecule has 142 valence electrons. The van der Waals surface area contributed by atoms with Crippen molar-refractivity contribution in [1.29, 1.82) is 0 Å². The number of anilines is 2. The maximum atomic E-state index is 12.6. The van der Waals surface area contributed by atoms with Crippen LogP contribution in [0.15, 0.2) is 66.3 Å². The Morgan fingerprint density at radius 2 is 1.57 bits per heavy atom. The van der Waals surface area contributed by atoms with Crippen LogP contribution in [0.2, 0.25) is 0 Å². The van der Waals surface area contributed by atoms with E-state index in [0.29, 0.717) is 5.69 Å². The number of nitrogens with one attached hydrogen (secondary N) is 2. The molecule has 0 unspecified atom stereocenters. The largest absolute Gasteiger partial charge is 0.416 e. The van der Waals surface area contributed by atoms with Crippen molar-refractivity contribution in [3.63, 3.8) is 0 Å². The average Bonchev–Trinajstić information content (AvgIpc) is 3.24. The number of thiazole rings is 1. The molecule has 0 saturated heterocycles. The number of hydrogen-bond acceptors (Lipinski definition) is 3. The zero-order valence-corrected chi connectivity index (χ0v) is 15.0. The lowest BCUT2D eigenvalue weighted by Gasteiger charge is -2.10. The number of carbonyl (C=O) groups excluding carboxylic acids is 1. The molecule has 0 aliphatic heterocycles. The van der Waals surface area contributed by atoms with Gasteiger partial charge in [0.05, 0.1) is 11.3 Å². The first kappa shape index (κ1) is 18.1. The highest BCUT2D eigenvalue weighted by atomic mass is 32.1. The van der Waals surface area contributed by atoms with Gasteiger partial charge in [0.2, 0.25) is 0 Å². The minimum atomic E-state index is -4.41. The quantitative estimate of drug-likeness (QED) is 0.460. The molecule has 2 heterocycles. The first-order chi connectivity index (χ1) is 13.4. The van der Waals surface area contributed by atoms with E-state index in [2.05, 4.69) is 15.6 Å². The number of urea groups is 1. The van der Waals surface area contributed by atoms with Gasteiger partial charge in [0, 0.05) is 34.7 Å². The van der Waals surface area contributed by atoms with Gasteiger partial charge in [-0.25, -0.2) is 9.78 Å². The van der Waals surface area contributed by atoms with Crippen LogP contribution in [0.25, 0.3) is 16.2 Å². The van der Waals surface area contributed by atoms with Crippen molar-refractivity contribution in [2.45, 2.75) is 6.18 Å². The van der Waals surface area contributed by atoms with Crippen LogP contribution in [0.1, 0.15) is 5.56 Å². The molecule has 4 aromatic rings. The van der Waals surface area contributed by atoms with Crippen molar-refractivity contribution in [3.05, 3.63) is 71.9 Å². The lowest BCUT2D eigenvalue weighted by atomic mass is 10.1.